The number of likely N-dealkylation sites (N-methyl/N-ethyl adjacent to an activating group) is 2. The van der Waals surface area contributed by atoms with Crippen LogP contribution in [0.3, 0.4) is 0 Å². The van der Waals surface area contributed by atoms with Gasteiger partial charge in [0.25, 0.3) is 0 Å². The minimum atomic E-state index is -0.242. The molecule has 0 spiro atoms. The molecule has 1 aliphatic heterocycles. The van der Waals surface area contributed by atoms with E-state index < -0.39 is 0 Å². The maximum Gasteiger partial charge on any atom is 0.238 e. The van der Waals surface area contributed by atoms with Crippen molar-refractivity contribution in [3.05, 3.63) is 0 Å². The Kier molecular flexibility index (Phi) is 14.3. The fraction of sp³-hybridized carbons (Fsp3) is 0.815. The van der Waals surface area contributed by atoms with Gasteiger partial charge < -0.3 is 24.8 Å². The van der Waals surface area contributed by atoms with Crippen LogP contribution in [0.15, 0.2) is 0 Å². The summed E-state index contributed by atoms with van der Waals surface area (Å²) in [4.78, 5) is 44.1. The van der Waals surface area contributed by atoms with Crippen LogP contribution in [0.5, 0.6) is 0 Å². The lowest BCUT2D eigenvalue weighted by molar-refractivity contribution is -0.137. The highest BCUT2D eigenvalue weighted by Gasteiger charge is 2.33. The molecule has 0 saturated carbocycles. The van der Waals surface area contributed by atoms with E-state index in [0.717, 1.165) is 29.6 Å². The minimum Gasteiger partial charge on any atom is -0.364 e. The second-order valence-corrected chi connectivity index (χ2v) is 12.3. The van der Waals surface area contributed by atoms with Gasteiger partial charge in [0.1, 0.15) is 23.3 Å². The number of nitrogens with zero attached hydrogens (tertiary/aromatic N) is 3. The highest BCUT2D eigenvalue weighted by atomic mass is 32.1. The summed E-state index contributed by atoms with van der Waals surface area (Å²) in [5, 5.41) is 3.82. The SMILES string of the molecule is CCNCC(=O)N(COC)CC(C)(C)CCC(=O)CCC(=O)CCC(C)(C)CN1C(=S)CN(CC)C1=S. The molecule has 37 heavy (non-hydrogen) atoms. The van der Waals surface area contributed by atoms with Gasteiger partial charge in [-0.25, -0.2) is 0 Å². The monoisotopic (exact) mass is 556 g/mol. The molecule has 1 aliphatic rings. The Bertz CT molecular complexity index is 816. The van der Waals surface area contributed by atoms with Crippen LogP contribution < -0.4 is 5.32 Å². The zero-order valence-corrected chi connectivity index (χ0v) is 25.6. The number of carbonyl (C=O) groups excluding carboxylic acids is 3. The van der Waals surface area contributed by atoms with Crippen molar-refractivity contribution in [3.8, 4) is 0 Å². The van der Waals surface area contributed by atoms with Crippen molar-refractivity contribution >= 4 is 52.0 Å². The van der Waals surface area contributed by atoms with Crippen LogP contribution >= 0.6 is 24.4 Å². The van der Waals surface area contributed by atoms with Gasteiger partial charge >= 0.3 is 0 Å². The number of amides is 1. The van der Waals surface area contributed by atoms with E-state index >= 15 is 0 Å². The first kappa shape index (κ1) is 33.5. The summed E-state index contributed by atoms with van der Waals surface area (Å²) >= 11 is 11.1. The van der Waals surface area contributed by atoms with Gasteiger partial charge in [0.05, 0.1) is 13.1 Å². The largest absolute Gasteiger partial charge is 0.364 e. The molecule has 0 aromatic rings. The summed E-state index contributed by atoms with van der Waals surface area (Å²) in [6, 6.07) is 0. The fourth-order valence-electron chi connectivity index (χ4n) is 4.29. The molecule has 0 aliphatic carbocycles. The number of ketones is 2. The molecule has 212 valence electrons. The first-order valence-electron chi connectivity index (χ1n) is 13.3. The molecule has 0 atom stereocenters. The molecule has 0 aromatic heterocycles. The Morgan fingerprint density at radius 3 is 2.03 bits per heavy atom. The quantitative estimate of drug-likeness (QED) is 0.189. The molecule has 1 saturated heterocycles. The smallest absolute Gasteiger partial charge is 0.238 e. The summed E-state index contributed by atoms with van der Waals surface area (Å²) in [5.41, 5.74) is -0.367. The van der Waals surface area contributed by atoms with Crippen molar-refractivity contribution in [1.29, 1.82) is 0 Å². The first-order valence-corrected chi connectivity index (χ1v) is 14.2. The maximum absolute atomic E-state index is 12.5. The lowest BCUT2D eigenvalue weighted by atomic mass is 9.85. The molecule has 1 amide bonds. The average Bonchev–Trinajstić information content (AvgIpc) is 3.10. The molecule has 1 fully saturated rings. The Balaban J connectivity index is 2.43. The number of nitrogens with one attached hydrogen (secondary N) is 1. The molecule has 1 heterocycles. The van der Waals surface area contributed by atoms with Crippen molar-refractivity contribution in [1.82, 2.24) is 20.0 Å². The topological polar surface area (TPSA) is 82.2 Å². The van der Waals surface area contributed by atoms with Crippen molar-refractivity contribution in [2.24, 2.45) is 10.8 Å². The van der Waals surface area contributed by atoms with Gasteiger partial charge in [0.15, 0.2) is 5.11 Å². The number of thiocarbonyl (C=S) groups is 2. The molecule has 0 radical (unpaired) electrons. The number of rotatable bonds is 19. The number of methoxy groups -OCH3 is 1. The van der Waals surface area contributed by atoms with Crippen molar-refractivity contribution in [2.75, 3.05) is 53.1 Å². The Morgan fingerprint density at radius 1 is 0.973 bits per heavy atom. The van der Waals surface area contributed by atoms with Crippen molar-refractivity contribution in [2.45, 2.75) is 80.1 Å². The van der Waals surface area contributed by atoms with Crippen LogP contribution in [0, 0.1) is 10.8 Å². The van der Waals surface area contributed by atoms with E-state index in [1.54, 1.807) is 12.0 Å². The number of hydrogen-bond acceptors (Lipinski definition) is 7. The van der Waals surface area contributed by atoms with Crippen LogP contribution in [-0.4, -0.2) is 95.4 Å². The number of ether oxygens (including phenoxy) is 1. The molecule has 0 aromatic carbocycles. The minimum absolute atomic E-state index is 0.0207. The van der Waals surface area contributed by atoms with Crippen LogP contribution in [0.1, 0.15) is 80.1 Å². The fourth-order valence-corrected chi connectivity index (χ4v) is 5.02. The normalized spacial score (nSPS) is 14.5. The van der Waals surface area contributed by atoms with Gasteiger partial charge in [-0.2, -0.15) is 0 Å². The predicted octanol–water partition coefficient (Wildman–Crippen LogP) is 3.81. The van der Waals surface area contributed by atoms with E-state index in [2.05, 4.69) is 31.0 Å². The molecule has 0 bridgehead atoms. The van der Waals surface area contributed by atoms with E-state index in [9.17, 15) is 14.4 Å². The third-order valence-corrected chi connectivity index (χ3v) is 7.55. The van der Waals surface area contributed by atoms with E-state index in [0.29, 0.717) is 38.9 Å². The summed E-state index contributed by atoms with van der Waals surface area (Å²) in [5.74, 6) is 0.181. The zero-order chi connectivity index (χ0) is 28.2. The lowest BCUT2D eigenvalue weighted by Gasteiger charge is -2.32. The maximum atomic E-state index is 12.5. The van der Waals surface area contributed by atoms with Crippen LogP contribution in [0.2, 0.25) is 0 Å². The summed E-state index contributed by atoms with van der Waals surface area (Å²) in [6.45, 7) is 16.3. The molecular weight excluding hydrogens is 508 g/mol. The number of hydrogen-bond donors (Lipinski definition) is 1. The Morgan fingerprint density at radius 2 is 1.54 bits per heavy atom. The van der Waals surface area contributed by atoms with Crippen molar-refractivity contribution < 1.29 is 19.1 Å². The van der Waals surface area contributed by atoms with Gasteiger partial charge in [-0.05, 0) is 49.4 Å². The highest BCUT2D eigenvalue weighted by Crippen LogP contribution is 2.28. The van der Waals surface area contributed by atoms with Crippen LogP contribution in [0.25, 0.3) is 0 Å². The average molecular weight is 557 g/mol. The van der Waals surface area contributed by atoms with Crippen LogP contribution in [0.4, 0.5) is 0 Å². The highest BCUT2D eigenvalue weighted by molar-refractivity contribution is 7.82. The Labute approximate surface area is 234 Å². The summed E-state index contributed by atoms with van der Waals surface area (Å²) in [6.07, 6.45) is 2.74. The van der Waals surface area contributed by atoms with Gasteiger partial charge in [-0.15, -0.1) is 0 Å². The number of carbonyl (C=O) groups is 3. The van der Waals surface area contributed by atoms with Gasteiger partial charge in [-0.1, -0.05) is 46.8 Å². The van der Waals surface area contributed by atoms with E-state index in [1.165, 1.54) is 0 Å². The third-order valence-electron chi connectivity index (χ3n) is 6.72. The van der Waals surface area contributed by atoms with E-state index in [-0.39, 0.29) is 54.4 Å². The van der Waals surface area contributed by atoms with Crippen LogP contribution in [-0.2, 0) is 19.1 Å². The standard InChI is InChI=1S/C27H48N4O4S2/c1-8-28-16-23(34)30(20-35-7)18-26(3,4)14-12-21(32)10-11-22(33)13-15-27(5,6)19-31-24(36)17-29(9-2)25(31)37/h28H,8-20H2,1-7H3. The summed E-state index contributed by atoms with van der Waals surface area (Å²) in [7, 11) is 1.57. The molecule has 0 unspecified atom stereocenters. The third kappa shape index (κ3) is 12.3. The second-order valence-electron chi connectivity index (χ2n) is 11.5. The van der Waals surface area contributed by atoms with Gasteiger partial charge in [-0.3, -0.25) is 14.4 Å². The molecular formula is C27H48N4O4S2. The summed E-state index contributed by atoms with van der Waals surface area (Å²) < 4.78 is 5.20. The van der Waals surface area contributed by atoms with Crippen molar-refractivity contribution in [3.63, 3.8) is 0 Å². The number of Topliss-reactive ketones (excluding diaryl/α,β-unsaturated/α-hetero) is 2. The molecule has 1 rings (SSSR count). The molecule has 1 N–H and O–H groups in total. The van der Waals surface area contributed by atoms with Gasteiger partial charge in [0, 0.05) is 52.4 Å². The molecule has 10 heteroatoms. The zero-order valence-electron chi connectivity index (χ0n) is 24.0. The van der Waals surface area contributed by atoms with E-state index in [1.807, 2.05) is 25.7 Å². The van der Waals surface area contributed by atoms with Gasteiger partial charge in [0.2, 0.25) is 5.91 Å². The lowest BCUT2D eigenvalue weighted by Crippen LogP contribution is -2.44. The predicted molar refractivity (Wildman–Crippen MR) is 157 cm³/mol. The van der Waals surface area contributed by atoms with E-state index in [4.69, 9.17) is 29.2 Å². The first-order chi connectivity index (χ1) is 17.2. The second kappa shape index (κ2) is 15.8. The molecule has 8 nitrogen and oxygen atoms in total. The Hall–Kier alpha value is -1.49.